The van der Waals surface area contributed by atoms with E-state index < -0.39 is 24.0 Å². The van der Waals surface area contributed by atoms with Crippen molar-refractivity contribution in [3.63, 3.8) is 0 Å². The Morgan fingerprint density at radius 3 is 2.52 bits per heavy atom. The minimum absolute atomic E-state index is 0.0945. The van der Waals surface area contributed by atoms with E-state index in [0.29, 0.717) is 5.69 Å². The number of imide groups is 1. The van der Waals surface area contributed by atoms with Crippen molar-refractivity contribution in [2.75, 3.05) is 19.9 Å². The van der Waals surface area contributed by atoms with Gasteiger partial charge in [-0.15, -0.1) is 0 Å². The fourth-order valence-electron chi connectivity index (χ4n) is 1.44. The number of amides is 3. The summed E-state index contributed by atoms with van der Waals surface area (Å²) in [4.78, 5) is 34.4. The number of urea groups is 1. The Morgan fingerprint density at radius 2 is 1.95 bits per heavy atom. The average molecular weight is 295 g/mol. The number of hydrogen-bond acceptors (Lipinski definition) is 6. The molecule has 0 aliphatic heterocycles. The highest BCUT2D eigenvalue weighted by atomic mass is 16.5. The van der Waals surface area contributed by atoms with Crippen molar-refractivity contribution in [2.24, 2.45) is 0 Å². The van der Waals surface area contributed by atoms with Crippen LogP contribution in [0.3, 0.4) is 0 Å². The molecule has 1 rings (SSSR count). The van der Waals surface area contributed by atoms with E-state index in [9.17, 15) is 14.4 Å². The molecule has 3 amide bonds. The predicted octanol–water partition coefficient (Wildman–Crippen LogP) is 0.278. The van der Waals surface area contributed by atoms with Gasteiger partial charge in [-0.3, -0.25) is 10.1 Å². The third kappa shape index (κ3) is 4.37. The Morgan fingerprint density at radius 1 is 1.29 bits per heavy atom. The van der Waals surface area contributed by atoms with Crippen LogP contribution in [0.5, 0.6) is 5.75 Å². The second-order valence-electron chi connectivity index (χ2n) is 4.08. The number of nitrogens with two attached hydrogens (primary N) is 1. The van der Waals surface area contributed by atoms with Crippen LogP contribution in [0.25, 0.3) is 0 Å². The molecule has 0 spiro atoms. The van der Waals surface area contributed by atoms with Gasteiger partial charge in [0.05, 0.1) is 7.11 Å². The third-order valence-corrected chi connectivity index (χ3v) is 2.55. The fraction of sp³-hybridized carbons (Fsp3) is 0.308. The second-order valence-corrected chi connectivity index (χ2v) is 4.08. The Kier molecular flexibility index (Phi) is 5.53. The predicted molar refractivity (Wildman–Crippen MR) is 74.9 cm³/mol. The number of carbonyl (C=O) groups is 3. The van der Waals surface area contributed by atoms with E-state index >= 15 is 0 Å². The van der Waals surface area contributed by atoms with Gasteiger partial charge in [-0.05, 0) is 25.1 Å². The highest BCUT2D eigenvalue weighted by molar-refractivity contribution is 5.97. The van der Waals surface area contributed by atoms with Gasteiger partial charge in [0.25, 0.3) is 5.91 Å². The Hall–Kier alpha value is -2.77. The number of ether oxygens (including phenoxy) is 2. The number of benzene rings is 1. The van der Waals surface area contributed by atoms with Crippen molar-refractivity contribution in [1.82, 2.24) is 10.6 Å². The summed E-state index contributed by atoms with van der Waals surface area (Å²) in [5.74, 6) is -1.16. The van der Waals surface area contributed by atoms with Crippen LogP contribution < -0.4 is 21.1 Å². The highest BCUT2D eigenvalue weighted by Crippen LogP contribution is 2.23. The fourth-order valence-corrected chi connectivity index (χ4v) is 1.44. The molecule has 0 fully saturated rings. The minimum Gasteiger partial charge on any atom is -0.480 e. The van der Waals surface area contributed by atoms with Crippen LogP contribution in [-0.4, -0.2) is 38.2 Å². The maximum atomic E-state index is 11.7. The summed E-state index contributed by atoms with van der Waals surface area (Å²) in [6.45, 7) is 1.44. The van der Waals surface area contributed by atoms with Gasteiger partial charge in [-0.1, -0.05) is 0 Å². The first-order chi connectivity index (χ1) is 9.88. The first-order valence-corrected chi connectivity index (χ1v) is 6.06. The molecule has 0 saturated heterocycles. The smallest absolute Gasteiger partial charge is 0.341 e. The molecule has 1 unspecified atom stereocenters. The zero-order chi connectivity index (χ0) is 16.0. The summed E-state index contributed by atoms with van der Waals surface area (Å²) in [6, 6.07) is 3.70. The van der Waals surface area contributed by atoms with Gasteiger partial charge >= 0.3 is 12.0 Å². The molecule has 1 aromatic rings. The van der Waals surface area contributed by atoms with Crippen molar-refractivity contribution in [3.8, 4) is 5.75 Å². The van der Waals surface area contributed by atoms with Gasteiger partial charge in [-0.2, -0.15) is 0 Å². The molecule has 1 atom stereocenters. The van der Waals surface area contributed by atoms with Crippen molar-refractivity contribution in [1.29, 1.82) is 0 Å². The molecular weight excluding hydrogens is 278 g/mol. The van der Waals surface area contributed by atoms with Crippen LogP contribution in [0, 0.1) is 0 Å². The van der Waals surface area contributed by atoms with Gasteiger partial charge in [-0.25, -0.2) is 9.59 Å². The summed E-state index contributed by atoms with van der Waals surface area (Å²) < 4.78 is 10.00. The lowest BCUT2D eigenvalue weighted by Gasteiger charge is -2.16. The molecule has 0 aliphatic rings. The molecule has 0 radical (unpaired) electrons. The number of nitrogen functional groups attached to an aromatic ring is 1. The van der Waals surface area contributed by atoms with Crippen LogP contribution in [0.4, 0.5) is 10.5 Å². The minimum atomic E-state index is -0.991. The lowest BCUT2D eigenvalue weighted by molar-refractivity contribution is -0.126. The number of nitrogens with one attached hydrogen (secondary N) is 2. The quantitative estimate of drug-likeness (QED) is 0.542. The summed E-state index contributed by atoms with van der Waals surface area (Å²) in [5.41, 5.74) is 6.05. The first kappa shape index (κ1) is 16.3. The number of carbonyl (C=O) groups excluding carboxylic acids is 3. The lowest BCUT2D eigenvalue weighted by Crippen LogP contribution is -2.44. The molecule has 0 aliphatic carbocycles. The van der Waals surface area contributed by atoms with Crippen LogP contribution in [-0.2, 0) is 9.53 Å². The highest BCUT2D eigenvalue weighted by Gasteiger charge is 2.20. The van der Waals surface area contributed by atoms with E-state index in [-0.39, 0.29) is 11.3 Å². The molecule has 8 nitrogen and oxygen atoms in total. The van der Waals surface area contributed by atoms with Crippen LogP contribution in [0.2, 0.25) is 0 Å². The van der Waals surface area contributed by atoms with E-state index in [1.54, 1.807) is 0 Å². The molecule has 8 heteroatoms. The molecule has 0 saturated carbocycles. The largest absolute Gasteiger partial charge is 0.480 e. The number of methoxy groups -OCH3 is 1. The Bertz CT molecular complexity index is 559. The molecule has 1 aromatic carbocycles. The van der Waals surface area contributed by atoms with Gasteiger partial charge in [0.2, 0.25) is 0 Å². The summed E-state index contributed by atoms with van der Waals surface area (Å²) in [7, 11) is 2.60. The summed E-state index contributed by atoms with van der Waals surface area (Å²) >= 11 is 0. The molecule has 4 N–H and O–H groups in total. The van der Waals surface area contributed by atoms with Crippen LogP contribution in [0.1, 0.15) is 17.3 Å². The zero-order valence-electron chi connectivity index (χ0n) is 11.9. The van der Waals surface area contributed by atoms with Crippen LogP contribution >= 0.6 is 0 Å². The van der Waals surface area contributed by atoms with Gasteiger partial charge < -0.3 is 20.5 Å². The zero-order valence-corrected chi connectivity index (χ0v) is 11.9. The SMILES string of the molecule is CNC(=O)NC(=O)C(C)Oc1ccc(N)cc1C(=O)OC. The van der Waals surface area contributed by atoms with E-state index in [4.69, 9.17) is 10.5 Å². The molecule has 114 valence electrons. The number of anilines is 1. The van der Waals surface area contributed by atoms with Crippen LogP contribution in [0.15, 0.2) is 18.2 Å². The second kappa shape index (κ2) is 7.13. The Balaban J connectivity index is 2.89. The lowest BCUT2D eigenvalue weighted by atomic mass is 10.1. The monoisotopic (exact) mass is 295 g/mol. The normalized spacial score (nSPS) is 11.2. The van der Waals surface area contributed by atoms with Gasteiger partial charge in [0.1, 0.15) is 11.3 Å². The Labute approximate surface area is 121 Å². The maximum Gasteiger partial charge on any atom is 0.341 e. The summed E-state index contributed by atoms with van der Waals surface area (Å²) in [5, 5.41) is 4.31. The topological polar surface area (TPSA) is 120 Å². The van der Waals surface area contributed by atoms with Crippen molar-refractivity contribution >= 4 is 23.6 Å². The third-order valence-electron chi connectivity index (χ3n) is 2.55. The van der Waals surface area contributed by atoms with Gasteiger partial charge in [0.15, 0.2) is 6.10 Å². The van der Waals surface area contributed by atoms with E-state index in [2.05, 4.69) is 15.4 Å². The first-order valence-electron chi connectivity index (χ1n) is 6.06. The van der Waals surface area contributed by atoms with Crippen molar-refractivity contribution in [2.45, 2.75) is 13.0 Å². The van der Waals surface area contributed by atoms with E-state index in [1.165, 1.54) is 39.3 Å². The molecule has 0 bridgehead atoms. The summed E-state index contributed by atoms with van der Waals surface area (Å²) in [6.07, 6.45) is -0.991. The standard InChI is InChI=1S/C13H17N3O5/c1-7(11(17)16-13(19)15-2)21-10-5-4-8(14)6-9(10)12(18)20-3/h4-7H,14H2,1-3H3,(H2,15,16,17,19). The average Bonchev–Trinajstić information content (AvgIpc) is 2.47. The van der Waals surface area contributed by atoms with Crippen molar-refractivity contribution < 1.29 is 23.9 Å². The molecule has 0 heterocycles. The molecule has 21 heavy (non-hydrogen) atoms. The van der Waals surface area contributed by atoms with Gasteiger partial charge in [0, 0.05) is 12.7 Å². The maximum absolute atomic E-state index is 11.7. The van der Waals surface area contributed by atoms with E-state index in [1.807, 2.05) is 0 Å². The molecule has 0 aromatic heterocycles. The molecular formula is C13H17N3O5. The number of esters is 1. The van der Waals surface area contributed by atoms with Crippen molar-refractivity contribution in [3.05, 3.63) is 23.8 Å². The number of hydrogen-bond donors (Lipinski definition) is 3. The van der Waals surface area contributed by atoms with E-state index in [0.717, 1.165) is 0 Å². The number of rotatable bonds is 4.